The lowest BCUT2D eigenvalue weighted by molar-refractivity contribution is 0.0491. The summed E-state index contributed by atoms with van der Waals surface area (Å²) in [6.07, 6.45) is 2.01. The molecule has 0 saturated heterocycles. The molecule has 0 bridgehead atoms. The van der Waals surface area contributed by atoms with E-state index in [9.17, 15) is 4.79 Å². The van der Waals surface area contributed by atoms with Crippen molar-refractivity contribution in [3.63, 3.8) is 0 Å². The fourth-order valence-corrected chi connectivity index (χ4v) is 4.22. The minimum absolute atomic E-state index is 0.0235. The number of anilines is 1. The molecule has 1 amide bonds. The number of hydrazine groups is 1. The van der Waals surface area contributed by atoms with Gasteiger partial charge in [0, 0.05) is 14.8 Å². The zero-order chi connectivity index (χ0) is 20.5. The second-order valence-electron chi connectivity index (χ2n) is 7.48. The Bertz CT molecular complexity index is 796. The van der Waals surface area contributed by atoms with Gasteiger partial charge in [0.05, 0.1) is 28.9 Å². The largest absolute Gasteiger partial charge is 0.443 e. The molecule has 3 atom stereocenters. The van der Waals surface area contributed by atoms with Crippen molar-refractivity contribution in [1.82, 2.24) is 20.4 Å². The average Bonchev–Trinajstić information content (AvgIpc) is 3.15. The van der Waals surface area contributed by atoms with E-state index in [1.165, 1.54) is 10.5 Å². The maximum atomic E-state index is 11.8. The first-order valence-electron chi connectivity index (χ1n) is 8.61. The number of nitrogens with one attached hydrogen (secondary N) is 3. The van der Waals surface area contributed by atoms with E-state index in [4.69, 9.17) is 20.5 Å². The number of hydrogen-bond donors (Lipinski definition) is 3. The molecule has 3 rings (SSSR count). The maximum Gasteiger partial charge on any atom is 0.422 e. The zero-order valence-corrected chi connectivity index (χ0v) is 18.8. The summed E-state index contributed by atoms with van der Waals surface area (Å²) < 4.78 is 12.8. The van der Waals surface area contributed by atoms with Crippen molar-refractivity contribution >= 4 is 54.0 Å². The number of rotatable bonds is 5. The molecule has 1 aromatic rings. The summed E-state index contributed by atoms with van der Waals surface area (Å²) in [5.74, 6) is 0.696. The standard InChI is InChI=1S/C16H22BrClN6O3S/c1-8-5-9(27-28-17)6-10(8)24-7-19-11-12(18)20-14(21-13(11)24)22-23-15(25)26-16(2,3)4/h7,9-10,14,21-22H,1,5-6H2,2-4H3,(H,23,25)/t9-,10+,14?/m1/s1. The molecule has 1 aliphatic carbocycles. The van der Waals surface area contributed by atoms with Gasteiger partial charge in [-0.2, -0.15) is 5.43 Å². The van der Waals surface area contributed by atoms with Gasteiger partial charge in [0.1, 0.15) is 17.1 Å². The van der Waals surface area contributed by atoms with Crippen LogP contribution >= 0.6 is 36.9 Å². The van der Waals surface area contributed by atoms with Crippen LogP contribution in [0.25, 0.3) is 0 Å². The summed E-state index contributed by atoms with van der Waals surface area (Å²) in [6.45, 7) is 9.52. The first-order valence-corrected chi connectivity index (χ1v) is 11.6. The summed E-state index contributed by atoms with van der Waals surface area (Å²) in [7, 11) is 1.17. The lowest BCUT2D eigenvalue weighted by atomic mass is 10.2. The molecule has 9 nitrogen and oxygen atoms in total. The van der Waals surface area contributed by atoms with Crippen molar-refractivity contribution < 1.29 is 13.7 Å². The predicted molar refractivity (Wildman–Crippen MR) is 113 cm³/mol. The number of fused-ring (bicyclic) bond motifs is 1. The average molecular weight is 494 g/mol. The first-order chi connectivity index (χ1) is 13.2. The van der Waals surface area contributed by atoms with Gasteiger partial charge < -0.3 is 18.8 Å². The molecule has 0 aromatic carbocycles. The van der Waals surface area contributed by atoms with Crippen LogP contribution in [0.3, 0.4) is 0 Å². The van der Waals surface area contributed by atoms with E-state index >= 15 is 0 Å². The molecule has 1 saturated carbocycles. The number of imidazole rings is 1. The minimum Gasteiger partial charge on any atom is -0.443 e. The summed E-state index contributed by atoms with van der Waals surface area (Å²) in [5, 5.41) is 3.43. The molecule has 28 heavy (non-hydrogen) atoms. The smallest absolute Gasteiger partial charge is 0.422 e. The molecular formula is C16H22BrClN6O3S. The van der Waals surface area contributed by atoms with Crippen LogP contribution in [0.4, 0.5) is 10.6 Å². The van der Waals surface area contributed by atoms with Gasteiger partial charge in [-0.3, -0.25) is 5.43 Å². The van der Waals surface area contributed by atoms with E-state index in [2.05, 4.69) is 47.5 Å². The van der Waals surface area contributed by atoms with Crippen molar-refractivity contribution in [3.05, 3.63) is 24.2 Å². The summed E-state index contributed by atoms with van der Waals surface area (Å²) in [6, 6.07) is 0.0235. The molecule has 2 aliphatic rings. The van der Waals surface area contributed by atoms with Crippen molar-refractivity contribution in [1.29, 1.82) is 0 Å². The second-order valence-corrected chi connectivity index (χ2v) is 8.95. The predicted octanol–water partition coefficient (Wildman–Crippen LogP) is 3.84. The Kier molecular flexibility index (Phi) is 6.60. The number of nitrogens with zero attached hydrogens (tertiary/aromatic N) is 3. The number of halogens is 2. The van der Waals surface area contributed by atoms with E-state index in [-0.39, 0.29) is 17.3 Å². The van der Waals surface area contributed by atoms with Crippen LogP contribution in [0, 0.1) is 0 Å². The lowest BCUT2D eigenvalue weighted by Crippen LogP contribution is -2.50. The monoisotopic (exact) mass is 492 g/mol. The molecule has 1 aromatic heterocycles. The molecule has 0 spiro atoms. The molecule has 0 radical (unpaired) electrons. The highest BCUT2D eigenvalue weighted by Gasteiger charge is 2.34. The van der Waals surface area contributed by atoms with E-state index in [0.717, 1.165) is 18.4 Å². The van der Waals surface area contributed by atoms with Gasteiger partial charge >= 0.3 is 6.09 Å². The third-order valence-corrected chi connectivity index (χ3v) is 5.25. The van der Waals surface area contributed by atoms with E-state index in [0.29, 0.717) is 11.5 Å². The van der Waals surface area contributed by atoms with Gasteiger partial charge in [-0.15, -0.1) is 0 Å². The van der Waals surface area contributed by atoms with Crippen LogP contribution in [0.1, 0.15) is 45.3 Å². The maximum absolute atomic E-state index is 11.8. The van der Waals surface area contributed by atoms with Gasteiger partial charge in [-0.1, -0.05) is 23.8 Å². The number of amides is 1. The minimum atomic E-state index is -0.678. The van der Waals surface area contributed by atoms with Crippen LogP contribution in [-0.4, -0.2) is 38.8 Å². The fourth-order valence-electron chi connectivity index (χ4n) is 3.09. The van der Waals surface area contributed by atoms with E-state index in [1.54, 1.807) is 27.1 Å². The van der Waals surface area contributed by atoms with Crippen molar-refractivity contribution in [2.45, 2.75) is 57.6 Å². The summed E-state index contributed by atoms with van der Waals surface area (Å²) in [4.78, 5) is 20.5. The number of ether oxygens (including phenoxy) is 1. The molecule has 12 heteroatoms. The number of carbonyl (C=O) groups excluding carboxylic acids is 1. The van der Waals surface area contributed by atoms with Gasteiger partial charge in [0.15, 0.2) is 11.5 Å². The Labute approximate surface area is 180 Å². The van der Waals surface area contributed by atoms with E-state index < -0.39 is 18.0 Å². The summed E-state index contributed by atoms with van der Waals surface area (Å²) >= 11 is 9.51. The number of hydrogen-bond acceptors (Lipinski definition) is 8. The van der Waals surface area contributed by atoms with Gasteiger partial charge in [0.2, 0.25) is 0 Å². The van der Waals surface area contributed by atoms with Crippen LogP contribution in [0.2, 0.25) is 0 Å². The Morgan fingerprint density at radius 3 is 2.96 bits per heavy atom. The molecule has 1 fully saturated rings. The Balaban J connectivity index is 1.69. The SMILES string of the molecule is C=C1C[C@@H](OSBr)C[C@@H]1n1cnc2c1NC(NNC(=O)OC(C)(C)C)N=C2Cl. The van der Waals surface area contributed by atoms with Crippen molar-refractivity contribution in [2.24, 2.45) is 4.99 Å². The van der Waals surface area contributed by atoms with Crippen molar-refractivity contribution in [2.75, 3.05) is 5.32 Å². The quantitative estimate of drug-likeness (QED) is 0.325. The fraction of sp³-hybridized carbons (Fsp3) is 0.562. The molecule has 2 heterocycles. The highest BCUT2D eigenvalue weighted by Crippen LogP contribution is 2.41. The molecule has 154 valence electrons. The molecule has 1 aliphatic heterocycles. The number of carbonyl (C=O) groups is 1. The molecule has 3 N–H and O–H groups in total. The number of aromatic nitrogens is 2. The van der Waals surface area contributed by atoms with Crippen LogP contribution in [0.15, 0.2) is 23.5 Å². The summed E-state index contributed by atoms with van der Waals surface area (Å²) in [5.41, 5.74) is 6.20. The first kappa shape index (κ1) is 21.4. The third kappa shape index (κ3) is 5.01. The third-order valence-electron chi connectivity index (χ3n) is 4.17. The zero-order valence-electron chi connectivity index (χ0n) is 15.7. The van der Waals surface area contributed by atoms with Crippen LogP contribution in [0.5, 0.6) is 0 Å². The van der Waals surface area contributed by atoms with Crippen LogP contribution < -0.4 is 16.2 Å². The normalized spacial score (nSPS) is 24.4. The Hall–Kier alpha value is -1.27. The highest BCUT2D eigenvalue weighted by molar-refractivity contribution is 9.49. The van der Waals surface area contributed by atoms with Gasteiger partial charge in [0.25, 0.3) is 0 Å². The second kappa shape index (κ2) is 8.62. The Morgan fingerprint density at radius 2 is 2.29 bits per heavy atom. The molecular weight excluding hydrogens is 472 g/mol. The Morgan fingerprint density at radius 1 is 1.54 bits per heavy atom. The van der Waals surface area contributed by atoms with Crippen LogP contribution in [-0.2, 0) is 8.92 Å². The van der Waals surface area contributed by atoms with Gasteiger partial charge in [-0.25, -0.2) is 14.8 Å². The topological polar surface area (TPSA) is 102 Å². The highest BCUT2D eigenvalue weighted by atomic mass is 79.9. The number of aliphatic imine (C=N–C) groups is 1. The molecule has 1 unspecified atom stereocenters. The van der Waals surface area contributed by atoms with Gasteiger partial charge in [-0.05, 0) is 33.6 Å². The van der Waals surface area contributed by atoms with Crippen molar-refractivity contribution in [3.8, 4) is 0 Å². The van der Waals surface area contributed by atoms with E-state index in [1.807, 2.05) is 4.57 Å². The lowest BCUT2D eigenvalue weighted by Gasteiger charge is -2.26.